The van der Waals surface area contributed by atoms with Crippen molar-refractivity contribution in [1.29, 1.82) is 0 Å². The molecular formula is C33H33N3O7. The van der Waals surface area contributed by atoms with Crippen molar-refractivity contribution in [3.8, 4) is 0 Å². The van der Waals surface area contributed by atoms with Gasteiger partial charge < -0.3 is 14.7 Å². The quantitative estimate of drug-likeness (QED) is 0.0488. The third-order valence-corrected chi connectivity index (χ3v) is 7.94. The number of ether oxygens (including phenoxy) is 1. The number of benzene rings is 5. The highest BCUT2D eigenvalue weighted by Gasteiger charge is 2.22. The van der Waals surface area contributed by atoms with E-state index < -0.39 is 16.0 Å². The van der Waals surface area contributed by atoms with E-state index in [2.05, 4.69) is 54.6 Å². The van der Waals surface area contributed by atoms with Crippen molar-refractivity contribution < 1.29 is 24.5 Å². The van der Waals surface area contributed by atoms with Crippen molar-refractivity contribution >= 4 is 55.3 Å². The number of unbranched alkanes of at least 4 members (excludes halogenated alkanes) is 1. The summed E-state index contributed by atoms with van der Waals surface area (Å²) in [5.74, 6) is -0.345. The van der Waals surface area contributed by atoms with Crippen LogP contribution >= 0.6 is 0 Å². The number of non-ortho nitro benzene ring substituents is 1. The van der Waals surface area contributed by atoms with E-state index in [1.165, 1.54) is 50.0 Å². The van der Waals surface area contributed by atoms with E-state index in [1.807, 2.05) is 0 Å². The van der Waals surface area contributed by atoms with Gasteiger partial charge in [0, 0.05) is 26.1 Å². The first-order valence-electron chi connectivity index (χ1n) is 14.4. The van der Waals surface area contributed by atoms with Crippen molar-refractivity contribution in [2.75, 3.05) is 25.1 Å². The van der Waals surface area contributed by atoms with Crippen LogP contribution in [0.15, 0.2) is 72.8 Å². The minimum absolute atomic E-state index is 0.0821. The molecule has 0 bridgehead atoms. The van der Waals surface area contributed by atoms with Crippen LogP contribution in [0, 0.1) is 20.2 Å². The third kappa shape index (κ3) is 6.65. The van der Waals surface area contributed by atoms with Crippen LogP contribution in [0.2, 0.25) is 0 Å². The van der Waals surface area contributed by atoms with E-state index >= 15 is 0 Å². The number of rotatable bonds is 14. The van der Waals surface area contributed by atoms with Gasteiger partial charge >= 0.3 is 5.97 Å². The Balaban J connectivity index is 1.05. The zero-order valence-corrected chi connectivity index (χ0v) is 23.9. The summed E-state index contributed by atoms with van der Waals surface area (Å²) < 4.78 is 5.31. The maximum absolute atomic E-state index is 12.4. The Morgan fingerprint density at radius 1 is 0.884 bits per heavy atom. The Labute approximate surface area is 248 Å². The second-order valence-electron chi connectivity index (χ2n) is 10.9. The van der Waals surface area contributed by atoms with Crippen LogP contribution in [-0.2, 0) is 16.0 Å². The molecule has 0 aliphatic heterocycles. The van der Waals surface area contributed by atoms with Crippen LogP contribution < -0.4 is 4.90 Å². The summed E-state index contributed by atoms with van der Waals surface area (Å²) in [5, 5.41) is 40.0. The molecule has 1 atom stereocenters. The summed E-state index contributed by atoms with van der Waals surface area (Å²) in [6.45, 7) is 0.370. The molecule has 43 heavy (non-hydrogen) atoms. The lowest BCUT2D eigenvalue weighted by molar-refractivity contribution is -0.393. The lowest BCUT2D eigenvalue weighted by Gasteiger charge is -2.19. The van der Waals surface area contributed by atoms with E-state index in [4.69, 9.17) is 4.74 Å². The van der Waals surface area contributed by atoms with Crippen molar-refractivity contribution in [2.24, 2.45) is 0 Å². The van der Waals surface area contributed by atoms with Crippen LogP contribution in [0.4, 0.5) is 17.1 Å². The van der Waals surface area contributed by atoms with Gasteiger partial charge in [-0.25, -0.2) is 0 Å². The molecule has 10 nitrogen and oxygen atoms in total. The van der Waals surface area contributed by atoms with E-state index in [9.17, 15) is 30.1 Å². The summed E-state index contributed by atoms with van der Waals surface area (Å²) in [4.78, 5) is 35.1. The Morgan fingerprint density at radius 3 is 2.30 bits per heavy atom. The van der Waals surface area contributed by atoms with Gasteiger partial charge in [0.15, 0.2) is 0 Å². The van der Waals surface area contributed by atoms with Gasteiger partial charge in [-0.1, -0.05) is 54.6 Å². The topological polar surface area (TPSA) is 136 Å². The Bertz CT molecular complexity index is 1770. The zero-order chi connectivity index (χ0) is 30.5. The summed E-state index contributed by atoms with van der Waals surface area (Å²) in [5.41, 5.74) is 0.812. The number of carbonyl (C=O) groups excluding carboxylic acids is 1. The molecule has 0 fully saturated rings. The molecule has 10 heteroatoms. The molecule has 5 rings (SSSR count). The van der Waals surface area contributed by atoms with Gasteiger partial charge in [-0.15, -0.1) is 0 Å². The lowest BCUT2D eigenvalue weighted by Crippen LogP contribution is -2.21. The normalized spacial score (nSPS) is 12.1. The molecule has 0 saturated heterocycles. The zero-order valence-electron chi connectivity index (χ0n) is 23.9. The molecule has 0 saturated carbocycles. The number of anilines is 1. The van der Waals surface area contributed by atoms with Gasteiger partial charge in [0.1, 0.15) is 12.3 Å². The van der Waals surface area contributed by atoms with E-state index in [0.29, 0.717) is 32.2 Å². The highest BCUT2D eigenvalue weighted by molar-refractivity contribution is 6.23. The average Bonchev–Trinajstić information content (AvgIpc) is 3.01. The number of aryl methyl sites for hydroxylation is 1. The van der Waals surface area contributed by atoms with E-state index in [-0.39, 0.29) is 36.1 Å². The predicted molar refractivity (Wildman–Crippen MR) is 167 cm³/mol. The highest BCUT2D eigenvalue weighted by atomic mass is 16.6. The number of hydrogen-bond acceptors (Lipinski definition) is 8. The number of hydrogen-bond donors (Lipinski definition) is 1. The number of carbonyl (C=O) groups is 1. The minimum atomic E-state index is -0.805. The van der Waals surface area contributed by atoms with Crippen molar-refractivity contribution in [2.45, 2.75) is 44.6 Å². The molecule has 0 radical (unpaired) electrons. The maximum Gasteiger partial charge on any atom is 0.305 e. The summed E-state index contributed by atoms with van der Waals surface area (Å²) in [6, 6.07) is 22.8. The van der Waals surface area contributed by atoms with Crippen LogP contribution in [0.5, 0.6) is 0 Å². The standard InChI is InChI=1S/C33H33N3O7/c1-34(29-18-16-26(35(39)40)20-30(29)36(41)42)19-3-2-9-27(37)21-43-31(38)10-5-6-22-11-12-25-14-13-23-7-4-8-24-15-17-28(22)33(25)32(23)24/h4,7-8,11-18,20,27,37H,2-3,5-6,9-10,19,21H2,1H3. The second-order valence-corrected chi connectivity index (χ2v) is 10.9. The molecule has 1 unspecified atom stereocenters. The molecule has 0 spiro atoms. The molecule has 1 N–H and O–H groups in total. The smallest absolute Gasteiger partial charge is 0.305 e. The van der Waals surface area contributed by atoms with Gasteiger partial charge in [-0.3, -0.25) is 25.0 Å². The van der Waals surface area contributed by atoms with Crippen LogP contribution in [0.25, 0.3) is 32.3 Å². The van der Waals surface area contributed by atoms with Crippen LogP contribution in [-0.4, -0.2) is 47.2 Å². The fourth-order valence-corrected chi connectivity index (χ4v) is 5.73. The van der Waals surface area contributed by atoms with E-state index in [1.54, 1.807) is 11.9 Å². The Hall–Kier alpha value is -4.83. The van der Waals surface area contributed by atoms with Gasteiger partial charge in [-0.2, -0.15) is 0 Å². The molecule has 5 aromatic rings. The molecule has 0 aliphatic rings. The number of nitro benzene ring substituents is 2. The SMILES string of the molecule is CN(CCCCC(O)COC(=O)CCCc1ccc2ccc3cccc4ccc1c2c34)c1ccc([N+](=O)[O-])cc1[N+](=O)[O-]. The largest absolute Gasteiger partial charge is 0.463 e. The molecule has 222 valence electrons. The number of nitrogens with zero attached hydrogens (tertiary/aromatic N) is 3. The molecule has 0 aliphatic carbocycles. The van der Waals surface area contributed by atoms with Crippen molar-refractivity contribution in [1.82, 2.24) is 0 Å². The molecular weight excluding hydrogens is 550 g/mol. The minimum Gasteiger partial charge on any atom is -0.463 e. The molecule has 0 aromatic heterocycles. The Morgan fingerprint density at radius 2 is 1.58 bits per heavy atom. The number of esters is 1. The number of aliphatic hydroxyl groups is 1. The number of nitro groups is 2. The molecule has 5 aromatic carbocycles. The fourth-order valence-electron chi connectivity index (χ4n) is 5.73. The Kier molecular flexibility index (Phi) is 8.96. The summed E-state index contributed by atoms with van der Waals surface area (Å²) >= 11 is 0. The van der Waals surface area contributed by atoms with Gasteiger partial charge in [0.25, 0.3) is 11.4 Å². The molecule has 0 amide bonds. The first kappa shape index (κ1) is 29.7. The van der Waals surface area contributed by atoms with Crippen molar-refractivity contribution in [3.05, 3.63) is 98.6 Å². The van der Waals surface area contributed by atoms with E-state index in [0.717, 1.165) is 12.5 Å². The monoisotopic (exact) mass is 583 g/mol. The number of aliphatic hydroxyl groups excluding tert-OH is 1. The van der Waals surface area contributed by atoms with Crippen LogP contribution in [0.3, 0.4) is 0 Å². The highest BCUT2D eigenvalue weighted by Crippen LogP contribution is 2.36. The predicted octanol–water partition coefficient (Wildman–Crippen LogP) is 6.93. The lowest BCUT2D eigenvalue weighted by atomic mass is 9.90. The average molecular weight is 584 g/mol. The first-order valence-corrected chi connectivity index (χ1v) is 14.4. The molecule has 0 heterocycles. The fraction of sp³-hybridized carbons (Fsp3) is 0.303. The summed E-state index contributed by atoms with van der Waals surface area (Å²) in [7, 11) is 1.68. The van der Waals surface area contributed by atoms with Crippen molar-refractivity contribution in [3.63, 3.8) is 0 Å². The summed E-state index contributed by atoms with van der Waals surface area (Å²) in [6.07, 6.45) is 2.47. The third-order valence-electron chi connectivity index (χ3n) is 7.94. The maximum atomic E-state index is 12.4. The van der Waals surface area contributed by atoms with Crippen LogP contribution in [0.1, 0.15) is 37.7 Å². The first-order chi connectivity index (χ1) is 20.7. The van der Waals surface area contributed by atoms with Gasteiger partial charge in [0.2, 0.25) is 0 Å². The van der Waals surface area contributed by atoms with Gasteiger partial charge in [0.05, 0.1) is 22.0 Å². The second kappa shape index (κ2) is 13.0. The van der Waals surface area contributed by atoms with Gasteiger partial charge in [-0.05, 0) is 76.1 Å².